The Morgan fingerprint density at radius 1 is 1.23 bits per heavy atom. The van der Waals surface area contributed by atoms with E-state index in [-0.39, 0.29) is 5.54 Å². The summed E-state index contributed by atoms with van der Waals surface area (Å²) in [5.41, 5.74) is 9.64. The van der Waals surface area contributed by atoms with Crippen molar-refractivity contribution in [3.8, 4) is 0 Å². The maximum absolute atomic E-state index is 4.44. The average Bonchev–Trinajstić information content (AvgIpc) is 2.60. The van der Waals surface area contributed by atoms with E-state index in [2.05, 4.69) is 62.2 Å². The van der Waals surface area contributed by atoms with Gasteiger partial charge in [0.1, 0.15) is 0 Å². The fourth-order valence-electron chi connectivity index (χ4n) is 4.13. The molecule has 1 aliphatic heterocycles. The van der Waals surface area contributed by atoms with E-state index in [1.807, 2.05) is 36.5 Å². The molecule has 138 valence electrons. The zero-order valence-electron chi connectivity index (χ0n) is 16.7. The van der Waals surface area contributed by atoms with Crippen molar-refractivity contribution >= 4 is 17.6 Å². The summed E-state index contributed by atoms with van der Waals surface area (Å²) in [6, 6.07) is 14.7. The quantitative estimate of drug-likeness (QED) is 0.534. The number of nitrogens with one attached hydrogen (secondary N) is 1. The lowest BCUT2D eigenvalue weighted by atomic mass is 9.79. The lowest BCUT2D eigenvalue weighted by Gasteiger charge is -2.48. The van der Waals surface area contributed by atoms with Gasteiger partial charge in [-0.2, -0.15) is 5.10 Å². The molecular weight excluding hydrogens is 318 g/mol. The minimum atomic E-state index is 0.208. The van der Waals surface area contributed by atoms with Crippen molar-refractivity contribution in [1.29, 1.82) is 0 Å². The first-order valence-corrected chi connectivity index (χ1v) is 9.68. The first-order chi connectivity index (χ1) is 12.4. The van der Waals surface area contributed by atoms with Gasteiger partial charge in [0.05, 0.1) is 11.9 Å². The molecule has 0 aliphatic carbocycles. The van der Waals surface area contributed by atoms with E-state index in [9.17, 15) is 0 Å². The summed E-state index contributed by atoms with van der Waals surface area (Å²) in [7, 11) is 0. The molecule has 1 N–H and O–H groups in total. The van der Waals surface area contributed by atoms with Gasteiger partial charge in [-0.1, -0.05) is 32.0 Å². The normalized spacial score (nSPS) is 18.8. The van der Waals surface area contributed by atoms with Gasteiger partial charge in [-0.15, -0.1) is 0 Å². The second-order valence-electron chi connectivity index (χ2n) is 8.07. The van der Waals surface area contributed by atoms with E-state index >= 15 is 0 Å². The van der Waals surface area contributed by atoms with Crippen molar-refractivity contribution in [1.82, 2.24) is 0 Å². The van der Waals surface area contributed by atoms with Gasteiger partial charge < -0.3 is 4.90 Å². The minimum absolute atomic E-state index is 0.208. The van der Waals surface area contributed by atoms with E-state index in [1.54, 1.807) is 0 Å². The van der Waals surface area contributed by atoms with Crippen LogP contribution >= 0.6 is 0 Å². The van der Waals surface area contributed by atoms with Crippen molar-refractivity contribution in [2.75, 3.05) is 16.9 Å². The van der Waals surface area contributed by atoms with Crippen molar-refractivity contribution in [3.05, 3.63) is 59.2 Å². The highest BCUT2D eigenvalue weighted by molar-refractivity contribution is 5.84. The second-order valence-corrected chi connectivity index (χ2v) is 8.07. The maximum atomic E-state index is 4.44. The van der Waals surface area contributed by atoms with Crippen LogP contribution in [0.1, 0.15) is 63.1 Å². The van der Waals surface area contributed by atoms with Crippen LogP contribution in [0.2, 0.25) is 0 Å². The summed E-state index contributed by atoms with van der Waals surface area (Å²) in [4.78, 5) is 2.60. The van der Waals surface area contributed by atoms with Crippen molar-refractivity contribution in [2.45, 2.75) is 58.9 Å². The molecule has 3 heteroatoms. The van der Waals surface area contributed by atoms with Crippen LogP contribution in [0.5, 0.6) is 0 Å². The van der Waals surface area contributed by atoms with Crippen LogP contribution in [-0.4, -0.2) is 18.3 Å². The average molecular weight is 350 g/mol. The maximum Gasteiger partial charge on any atom is 0.0561 e. The smallest absolute Gasteiger partial charge is 0.0561 e. The van der Waals surface area contributed by atoms with E-state index in [1.165, 1.54) is 35.2 Å². The molecule has 0 amide bonds. The molecule has 0 saturated carbocycles. The predicted octanol–water partition coefficient (Wildman–Crippen LogP) is 5.94. The number of anilines is 2. The van der Waals surface area contributed by atoms with Crippen LogP contribution in [0.15, 0.2) is 47.6 Å². The lowest BCUT2D eigenvalue weighted by molar-refractivity contribution is 0.376. The highest BCUT2D eigenvalue weighted by Crippen LogP contribution is 2.44. The highest BCUT2D eigenvalue weighted by atomic mass is 15.3. The number of aryl methyl sites for hydroxylation is 1. The molecule has 2 aromatic carbocycles. The fourth-order valence-corrected chi connectivity index (χ4v) is 4.13. The predicted molar refractivity (Wildman–Crippen MR) is 114 cm³/mol. The summed E-state index contributed by atoms with van der Waals surface area (Å²) in [6.45, 7) is 12.6. The number of para-hydroxylation sites is 1. The van der Waals surface area contributed by atoms with Crippen molar-refractivity contribution in [2.24, 2.45) is 5.10 Å². The summed E-state index contributed by atoms with van der Waals surface area (Å²) in [5.74, 6) is 0.558. The van der Waals surface area contributed by atoms with Crippen LogP contribution in [0.25, 0.3) is 0 Å². The lowest BCUT2D eigenvalue weighted by Crippen LogP contribution is -2.48. The number of benzene rings is 2. The largest absolute Gasteiger partial charge is 0.366 e. The SMILES string of the molecule is CCCN1c2cc(C)c(/C=N\Nc3ccccc3)cc2C(C)CC1(C)C. The van der Waals surface area contributed by atoms with Crippen LogP contribution in [0.4, 0.5) is 11.4 Å². The molecule has 0 spiro atoms. The summed E-state index contributed by atoms with van der Waals surface area (Å²) >= 11 is 0. The fraction of sp³-hybridized carbons (Fsp3) is 0.435. The Balaban J connectivity index is 1.90. The van der Waals surface area contributed by atoms with Crippen LogP contribution in [-0.2, 0) is 0 Å². The number of hydrazone groups is 1. The Hall–Kier alpha value is -2.29. The molecule has 0 saturated heterocycles. The summed E-state index contributed by atoms with van der Waals surface area (Å²) in [6.07, 6.45) is 4.29. The third kappa shape index (κ3) is 3.77. The van der Waals surface area contributed by atoms with Crippen LogP contribution < -0.4 is 10.3 Å². The molecule has 1 heterocycles. The van der Waals surface area contributed by atoms with E-state index in [0.29, 0.717) is 5.92 Å². The van der Waals surface area contributed by atoms with Gasteiger partial charge in [-0.3, -0.25) is 5.43 Å². The monoisotopic (exact) mass is 349 g/mol. The van der Waals surface area contributed by atoms with Gasteiger partial charge in [0.25, 0.3) is 0 Å². The Morgan fingerprint density at radius 2 is 1.96 bits per heavy atom. The molecule has 1 aliphatic rings. The van der Waals surface area contributed by atoms with E-state index < -0.39 is 0 Å². The standard InChI is InChI=1S/C23H31N3/c1-6-12-26-22-13-17(2)19(14-21(22)18(3)15-23(26,4)5)16-24-25-20-10-8-7-9-11-20/h7-11,13-14,16,18,25H,6,12,15H2,1-5H3/b24-16-. The Bertz CT molecular complexity index is 778. The molecule has 3 nitrogen and oxygen atoms in total. The van der Waals surface area contributed by atoms with Crippen molar-refractivity contribution < 1.29 is 0 Å². The van der Waals surface area contributed by atoms with Crippen LogP contribution in [0, 0.1) is 6.92 Å². The van der Waals surface area contributed by atoms with Gasteiger partial charge >= 0.3 is 0 Å². The van der Waals surface area contributed by atoms with Crippen molar-refractivity contribution in [3.63, 3.8) is 0 Å². The number of hydrogen-bond acceptors (Lipinski definition) is 3. The van der Waals surface area contributed by atoms with Gasteiger partial charge in [-0.25, -0.2) is 0 Å². The Kier molecular flexibility index (Phi) is 5.36. The topological polar surface area (TPSA) is 27.6 Å². The minimum Gasteiger partial charge on any atom is -0.366 e. The molecule has 0 radical (unpaired) electrons. The van der Waals surface area contributed by atoms with Crippen LogP contribution in [0.3, 0.4) is 0 Å². The Morgan fingerprint density at radius 3 is 2.65 bits per heavy atom. The molecule has 26 heavy (non-hydrogen) atoms. The number of fused-ring (bicyclic) bond motifs is 1. The molecule has 3 rings (SSSR count). The third-order valence-electron chi connectivity index (χ3n) is 5.39. The van der Waals surface area contributed by atoms with Gasteiger partial charge in [-0.05, 0) is 80.5 Å². The molecule has 0 bridgehead atoms. The first-order valence-electron chi connectivity index (χ1n) is 9.68. The highest BCUT2D eigenvalue weighted by Gasteiger charge is 2.36. The second kappa shape index (κ2) is 7.53. The van der Waals surface area contributed by atoms with Gasteiger partial charge in [0.2, 0.25) is 0 Å². The summed E-state index contributed by atoms with van der Waals surface area (Å²) in [5, 5.41) is 4.44. The molecule has 0 aromatic heterocycles. The molecule has 1 atom stereocenters. The molecule has 0 fully saturated rings. The first kappa shape index (κ1) is 18.5. The third-order valence-corrected chi connectivity index (χ3v) is 5.39. The molecular formula is C23H31N3. The number of hydrogen-bond donors (Lipinski definition) is 1. The number of nitrogens with zero attached hydrogens (tertiary/aromatic N) is 2. The van der Waals surface area contributed by atoms with Gasteiger partial charge in [0, 0.05) is 17.8 Å². The molecule has 2 aromatic rings. The zero-order chi connectivity index (χ0) is 18.7. The summed E-state index contributed by atoms with van der Waals surface area (Å²) < 4.78 is 0. The van der Waals surface area contributed by atoms with E-state index in [0.717, 1.165) is 12.2 Å². The zero-order valence-corrected chi connectivity index (χ0v) is 16.7. The van der Waals surface area contributed by atoms with E-state index in [4.69, 9.17) is 0 Å². The van der Waals surface area contributed by atoms with Gasteiger partial charge in [0.15, 0.2) is 0 Å². The molecule has 1 unspecified atom stereocenters. The Labute approximate surface area is 158 Å². The number of rotatable bonds is 5.